The van der Waals surface area contributed by atoms with Gasteiger partial charge in [0.05, 0.1) is 16.9 Å². The summed E-state index contributed by atoms with van der Waals surface area (Å²) >= 11 is 1.58. The number of aromatic nitrogens is 4. The molecular weight excluding hydrogens is 1010 g/mol. The molecule has 0 aliphatic rings. The van der Waals surface area contributed by atoms with Crippen molar-refractivity contribution >= 4 is 91.8 Å². The van der Waals surface area contributed by atoms with E-state index in [4.69, 9.17) is 7.73 Å². The Morgan fingerprint density at radius 2 is 1.53 bits per heavy atom. The van der Waals surface area contributed by atoms with Crippen molar-refractivity contribution in [3.63, 3.8) is 0 Å². The summed E-state index contributed by atoms with van der Waals surface area (Å²) in [6.07, 6.45) is 4.29. The molecule has 1 radical (unpaired) electrons. The van der Waals surface area contributed by atoms with Crippen LogP contribution < -0.4 is 4.40 Å². The van der Waals surface area contributed by atoms with Gasteiger partial charge in [0, 0.05) is 52.2 Å². The monoisotopic (exact) mass is 1060 g/mol. The van der Waals surface area contributed by atoms with E-state index in [1.54, 1.807) is 11.3 Å². The van der Waals surface area contributed by atoms with E-state index < -0.39 is 19.6 Å². The Morgan fingerprint density at radius 1 is 0.750 bits per heavy atom. The van der Waals surface area contributed by atoms with E-state index in [2.05, 4.69) is 131 Å². The first kappa shape index (κ1) is 39.6. The quantitative estimate of drug-likeness (QED) is 0.112. The number of benzene rings is 5. The van der Waals surface area contributed by atoms with Crippen molar-refractivity contribution in [1.29, 1.82) is 0 Å². The molecule has 0 spiro atoms. The van der Waals surface area contributed by atoms with Gasteiger partial charge in [-0.25, -0.2) is 4.98 Å². The zero-order valence-corrected chi connectivity index (χ0v) is 41.1. The molecule has 0 aliphatic heterocycles. The van der Waals surface area contributed by atoms with Crippen LogP contribution in [0.15, 0.2) is 122 Å². The molecule has 0 N–H and O–H groups in total. The van der Waals surface area contributed by atoms with Crippen LogP contribution in [0.5, 0.6) is 0 Å². The second-order valence-electron chi connectivity index (χ2n) is 16.3. The fourth-order valence-electron chi connectivity index (χ4n) is 8.07. The normalized spacial score (nSPS) is 12.5. The van der Waals surface area contributed by atoms with E-state index in [0.717, 1.165) is 51.4 Å². The maximum absolute atomic E-state index is 8.55. The van der Waals surface area contributed by atoms with Crippen molar-refractivity contribution in [2.45, 2.75) is 64.2 Å². The average Bonchev–Trinajstić information content (AvgIpc) is 3.97. The minimum atomic E-state index is -2.06. The molecule has 0 atom stereocenters. The van der Waals surface area contributed by atoms with Gasteiger partial charge in [0.2, 0.25) is 0 Å². The van der Waals surface area contributed by atoms with E-state index >= 15 is 0 Å². The molecule has 0 unspecified atom stereocenters. The van der Waals surface area contributed by atoms with Crippen LogP contribution in [0, 0.1) is 18.1 Å². The smallest absolute Gasteiger partial charge is 0 e. The third-order valence-electron chi connectivity index (χ3n) is 10.9. The fourth-order valence-corrected chi connectivity index (χ4v) is 12.7. The van der Waals surface area contributed by atoms with Gasteiger partial charge in [-0.3, -0.25) is 4.98 Å². The van der Waals surface area contributed by atoms with Crippen LogP contribution in [-0.2, 0) is 39.3 Å². The van der Waals surface area contributed by atoms with Gasteiger partial charge in [-0.1, -0.05) is 61.2 Å². The number of para-hydroxylation sites is 2. The second-order valence-corrected chi connectivity index (χ2v) is 29.0. The van der Waals surface area contributed by atoms with E-state index in [-0.39, 0.29) is 26.0 Å². The number of rotatable bonds is 8. The molecule has 0 amide bonds. The Morgan fingerprint density at radius 3 is 2.30 bits per heavy atom. The minimum Gasteiger partial charge on any atom is 0 e. The summed E-state index contributed by atoms with van der Waals surface area (Å²) in [6, 6.07) is 44.6. The second kappa shape index (κ2) is 17.5. The molecule has 10 aromatic rings. The van der Waals surface area contributed by atoms with Gasteiger partial charge in [0.25, 0.3) is 0 Å². The van der Waals surface area contributed by atoms with Crippen molar-refractivity contribution in [3.8, 4) is 28.3 Å². The summed E-state index contributed by atoms with van der Waals surface area (Å²) in [5, 5.41) is 5.11. The van der Waals surface area contributed by atoms with Crippen LogP contribution in [0.4, 0.5) is 0 Å². The third-order valence-corrected chi connectivity index (χ3v) is 17.5. The predicted molar refractivity (Wildman–Crippen MR) is 258 cm³/mol. The van der Waals surface area contributed by atoms with Crippen molar-refractivity contribution in [2.75, 3.05) is 0 Å². The molecule has 0 bridgehead atoms. The minimum absolute atomic E-state index is 0. The summed E-state index contributed by atoms with van der Waals surface area (Å²) in [5.74, 6) is 7.75. The Hall–Kier alpha value is -4.50. The molecule has 0 aliphatic carbocycles. The van der Waals surface area contributed by atoms with Crippen LogP contribution in [0.3, 0.4) is 0 Å². The number of thiophene rings is 2. The molecule has 4 nitrogen and oxygen atoms in total. The van der Waals surface area contributed by atoms with Gasteiger partial charge in [0.1, 0.15) is 4.83 Å². The van der Waals surface area contributed by atoms with E-state index in [0.29, 0.717) is 5.56 Å². The van der Waals surface area contributed by atoms with Gasteiger partial charge >= 0.3 is 128 Å². The summed E-state index contributed by atoms with van der Waals surface area (Å²) < 4.78 is 24.6. The summed E-state index contributed by atoms with van der Waals surface area (Å²) in [4.78, 5) is 15.6. The predicted octanol–water partition coefficient (Wildman–Crippen LogP) is 14.0. The topological polar surface area (TPSA) is 43.6 Å². The Bertz CT molecular complexity index is 3240. The summed E-state index contributed by atoms with van der Waals surface area (Å²) in [5.41, 5.74) is 9.43. The number of hydrogen-bond donors (Lipinski definition) is 0. The fraction of sp³-hybridized carbons (Fsp3) is 0.212. The van der Waals surface area contributed by atoms with Crippen LogP contribution in [0.2, 0.25) is 17.3 Å². The molecule has 0 saturated carbocycles. The third kappa shape index (κ3) is 7.80. The van der Waals surface area contributed by atoms with Crippen molar-refractivity contribution in [2.24, 2.45) is 5.92 Å². The molecule has 0 saturated heterocycles. The molecule has 10 rings (SSSR count). The first-order chi connectivity index (χ1) is 29.4. The zero-order chi connectivity index (χ0) is 42.6. The van der Waals surface area contributed by atoms with Crippen LogP contribution >= 0.6 is 22.7 Å². The largest absolute Gasteiger partial charge is 0 e. The number of pyridine rings is 2. The van der Waals surface area contributed by atoms with Gasteiger partial charge in [-0.15, -0.1) is 29.5 Å². The molecule has 5 aromatic carbocycles. The van der Waals surface area contributed by atoms with Crippen LogP contribution in [0.25, 0.3) is 79.8 Å². The Balaban J connectivity index is 0.000000197. The molecule has 60 heavy (non-hydrogen) atoms. The maximum atomic E-state index is 8.55. The molecule has 8 heteroatoms. The Kier molecular flexibility index (Phi) is 11.5. The number of fused-ring (bicyclic) bond motifs is 7. The van der Waals surface area contributed by atoms with Crippen LogP contribution in [-0.4, -0.2) is 32.8 Å². The average molecular weight is 1060 g/mol. The SMILES string of the molecule is CCc1cc2c(sc3ccccc32)c(CC)c1-n1c(-c2[c-]ccc3c2sc2ncccc23)nc2ccccc21.[2H]C([2H])(c1c[c]([Ge]([CH3])([CH3])[CH3])cnc1-c1[c-]cccc1)C(C)C.[Ir]. The Labute approximate surface area is 380 Å². The molecule has 5 heterocycles. The van der Waals surface area contributed by atoms with Gasteiger partial charge in [-0.2, -0.15) is 11.3 Å². The first-order valence-corrected chi connectivity index (χ1v) is 29.5. The van der Waals surface area contributed by atoms with Crippen molar-refractivity contribution in [3.05, 3.63) is 150 Å². The summed E-state index contributed by atoms with van der Waals surface area (Å²) in [7, 11) is 0. The molecule has 0 fully saturated rings. The molecule has 5 aromatic heterocycles. The van der Waals surface area contributed by atoms with Crippen molar-refractivity contribution < 1.29 is 22.8 Å². The molecular formula is C52H48GeIrN4S2-2. The first-order valence-electron chi connectivity index (χ1n) is 21.5. The number of hydrogen-bond acceptors (Lipinski definition) is 5. The molecule has 303 valence electrons. The van der Waals surface area contributed by atoms with Gasteiger partial charge in [-0.05, 0) is 64.4 Å². The zero-order valence-electron chi connectivity index (χ0n) is 37.0. The van der Waals surface area contributed by atoms with E-state index in [9.17, 15) is 0 Å². The van der Waals surface area contributed by atoms with Gasteiger partial charge in [0.15, 0.2) is 0 Å². The van der Waals surface area contributed by atoms with Crippen LogP contribution in [0.1, 0.15) is 47.1 Å². The van der Waals surface area contributed by atoms with E-state index in [1.807, 2.05) is 74.0 Å². The number of imidazole rings is 1. The van der Waals surface area contributed by atoms with E-state index in [1.165, 1.54) is 56.9 Å². The number of aryl methyl sites for hydroxylation is 2. The maximum Gasteiger partial charge on any atom is 0 e. The standard InChI is InChI=1S/C34H24N3S2.C18H24GeN.Ir/c1-3-20-19-26-22-11-5-8-17-29(22)38-31(26)21(4-2)30(20)37-28-16-7-6-15-27(28)36-33(37)25-13-9-12-23-24-14-10-18-35-34(24)39-32(23)25;1-14(2)11-16-12-17(19(3,4)5)13-20-18(16)15-9-7-6-8-10-15;/h5-12,14-19H,3-4H2,1-2H3;6-9,12-14H,11H2,1-5H3;/q2*-1;/i;11D2;. The van der Waals surface area contributed by atoms with Gasteiger partial charge < -0.3 is 4.57 Å². The number of nitrogens with zero attached hydrogens (tertiary/aromatic N) is 4. The van der Waals surface area contributed by atoms with Crippen molar-refractivity contribution in [1.82, 2.24) is 19.5 Å². The summed E-state index contributed by atoms with van der Waals surface area (Å²) in [6.45, 7) is 8.39.